The highest BCUT2D eigenvalue weighted by Crippen LogP contribution is 2.37. The van der Waals surface area contributed by atoms with Crippen LogP contribution in [0.5, 0.6) is 11.5 Å². The van der Waals surface area contributed by atoms with Crippen molar-refractivity contribution >= 4 is 29.9 Å². The van der Waals surface area contributed by atoms with Crippen LogP contribution in [0.3, 0.4) is 0 Å². The molecule has 1 heterocycles. The second-order valence-corrected chi connectivity index (χ2v) is 7.28. The molecule has 148 valence electrons. The summed E-state index contributed by atoms with van der Waals surface area (Å²) in [5, 5.41) is 3.57. The summed E-state index contributed by atoms with van der Waals surface area (Å²) < 4.78 is 11.2. The molecular weight excluding hydrogens is 375 g/mol. The number of nitrogens with zero attached hydrogens (tertiary/aromatic N) is 1. The molecule has 0 aromatic heterocycles. The van der Waals surface area contributed by atoms with Crippen LogP contribution in [0.4, 0.5) is 0 Å². The highest BCUT2D eigenvalue weighted by atomic mass is 35.5. The van der Waals surface area contributed by atoms with Crippen molar-refractivity contribution in [3.8, 4) is 11.5 Å². The summed E-state index contributed by atoms with van der Waals surface area (Å²) in [4.78, 5) is 14.8. The monoisotopic (exact) mass is 404 g/mol. The number of amides is 1. The zero-order chi connectivity index (χ0) is 18.4. The van der Waals surface area contributed by atoms with E-state index in [0.29, 0.717) is 34.6 Å². The summed E-state index contributed by atoms with van der Waals surface area (Å²) in [6.07, 6.45) is 2.98. The average Bonchev–Trinajstić information content (AvgIpc) is 3.03. The zero-order valence-electron chi connectivity index (χ0n) is 16.0. The summed E-state index contributed by atoms with van der Waals surface area (Å²) in [5.41, 5.74) is 0.543. The van der Waals surface area contributed by atoms with Gasteiger partial charge in [0.05, 0.1) is 18.7 Å². The van der Waals surface area contributed by atoms with Crippen LogP contribution in [-0.2, 0) is 0 Å². The lowest BCUT2D eigenvalue weighted by atomic mass is 10.1. The lowest BCUT2D eigenvalue weighted by Gasteiger charge is -2.25. The van der Waals surface area contributed by atoms with Gasteiger partial charge in [-0.15, -0.1) is 12.4 Å². The topological polar surface area (TPSA) is 50.8 Å². The molecule has 1 aliphatic rings. The fourth-order valence-corrected chi connectivity index (χ4v) is 3.36. The van der Waals surface area contributed by atoms with Gasteiger partial charge in [-0.05, 0) is 44.4 Å². The third-order valence-electron chi connectivity index (χ3n) is 4.50. The van der Waals surface area contributed by atoms with E-state index < -0.39 is 0 Å². The molecular formula is C19H30Cl2N2O3. The third-order valence-corrected chi connectivity index (χ3v) is 4.78. The molecule has 1 aromatic rings. The third kappa shape index (κ3) is 5.66. The molecule has 7 heteroatoms. The fraction of sp³-hybridized carbons (Fsp3) is 0.632. The van der Waals surface area contributed by atoms with Gasteiger partial charge in [-0.25, -0.2) is 0 Å². The maximum absolute atomic E-state index is 12.9. The van der Waals surface area contributed by atoms with Crippen molar-refractivity contribution in [1.29, 1.82) is 0 Å². The first-order valence-electron chi connectivity index (χ1n) is 8.93. The SMILES string of the molecule is CNCC1CCCN1C(=O)c1cc(Cl)c(OCCC(C)C)c(OC)c1.Cl. The van der Waals surface area contributed by atoms with Crippen molar-refractivity contribution in [3.05, 3.63) is 22.7 Å². The number of methoxy groups -OCH3 is 1. The normalized spacial score (nSPS) is 16.5. The summed E-state index contributed by atoms with van der Waals surface area (Å²) in [6, 6.07) is 3.64. The number of likely N-dealkylation sites (tertiary alicyclic amines) is 1. The minimum absolute atomic E-state index is 0. The predicted molar refractivity (Wildman–Crippen MR) is 108 cm³/mol. The number of benzene rings is 1. The van der Waals surface area contributed by atoms with Crippen LogP contribution in [-0.4, -0.2) is 50.7 Å². The number of hydrogen-bond acceptors (Lipinski definition) is 4. The molecule has 1 aliphatic heterocycles. The van der Waals surface area contributed by atoms with Gasteiger partial charge in [-0.3, -0.25) is 4.79 Å². The van der Waals surface area contributed by atoms with Crippen LogP contribution in [0, 0.1) is 5.92 Å². The second kappa shape index (κ2) is 10.9. The molecule has 1 saturated heterocycles. The Morgan fingerprint density at radius 1 is 1.42 bits per heavy atom. The Balaban J connectivity index is 0.00000338. The Bertz CT molecular complexity index is 596. The Morgan fingerprint density at radius 3 is 2.77 bits per heavy atom. The fourth-order valence-electron chi connectivity index (χ4n) is 3.10. The molecule has 0 radical (unpaired) electrons. The molecule has 2 rings (SSSR count). The van der Waals surface area contributed by atoms with Gasteiger partial charge in [0.2, 0.25) is 0 Å². The van der Waals surface area contributed by atoms with Crippen molar-refractivity contribution in [3.63, 3.8) is 0 Å². The van der Waals surface area contributed by atoms with Crippen molar-refractivity contribution in [2.75, 3.05) is 33.9 Å². The molecule has 26 heavy (non-hydrogen) atoms. The van der Waals surface area contributed by atoms with Gasteiger partial charge in [0.25, 0.3) is 5.91 Å². The van der Waals surface area contributed by atoms with E-state index in [1.807, 2.05) is 11.9 Å². The maximum atomic E-state index is 12.9. The summed E-state index contributed by atoms with van der Waals surface area (Å²) >= 11 is 6.39. The number of halogens is 2. The summed E-state index contributed by atoms with van der Waals surface area (Å²) in [5.74, 6) is 1.55. The van der Waals surface area contributed by atoms with Gasteiger partial charge in [0.1, 0.15) is 0 Å². The van der Waals surface area contributed by atoms with Crippen LogP contribution in [0.1, 0.15) is 43.5 Å². The van der Waals surface area contributed by atoms with Crippen molar-refractivity contribution in [1.82, 2.24) is 10.2 Å². The lowest BCUT2D eigenvalue weighted by molar-refractivity contribution is 0.0736. The van der Waals surface area contributed by atoms with Gasteiger partial charge < -0.3 is 19.7 Å². The molecule has 1 atom stereocenters. The number of nitrogens with one attached hydrogen (secondary N) is 1. The van der Waals surface area contributed by atoms with E-state index >= 15 is 0 Å². The van der Waals surface area contributed by atoms with Crippen molar-refractivity contribution < 1.29 is 14.3 Å². The average molecular weight is 405 g/mol. The molecule has 5 nitrogen and oxygen atoms in total. The molecule has 1 N–H and O–H groups in total. The van der Waals surface area contributed by atoms with Crippen LogP contribution in [0.2, 0.25) is 5.02 Å². The van der Waals surface area contributed by atoms with Crippen molar-refractivity contribution in [2.45, 2.75) is 39.2 Å². The number of rotatable bonds is 8. The highest BCUT2D eigenvalue weighted by Gasteiger charge is 2.29. The number of carbonyl (C=O) groups is 1. The van der Waals surface area contributed by atoms with E-state index in [9.17, 15) is 4.79 Å². The standard InChI is InChI=1S/C19H29ClN2O3.ClH/c1-13(2)7-9-25-18-16(20)10-14(11-17(18)24-4)19(23)22-8-5-6-15(22)12-21-3;/h10-11,13,15,21H,5-9,12H2,1-4H3;1H. The molecule has 1 unspecified atom stereocenters. The second-order valence-electron chi connectivity index (χ2n) is 6.87. The number of ether oxygens (including phenoxy) is 2. The summed E-state index contributed by atoms with van der Waals surface area (Å²) in [7, 11) is 3.47. The molecule has 0 bridgehead atoms. The van der Waals surface area contributed by atoms with E-state index in [0.717, 1.165) is 32.4 Å². The Morgan fingerprint density at radius 2 is 2.15 bits per heavy atom. The molecule has 1 fully saturated rings. The van der Waals surface area contributed by atoms with E-state index in [1.165, 1.54) is 0 Å². The Hall–Kier alpha value is -1.17. The van der Waals surface area contributed by atoms with Gasteiger partial charge >= 0.3 is 0 Å². The smallest absolute Gasteiger partial charge is 0.254 e. The van der Waals surface area contributed by atoms with Gasteiger partial charge in [-0.1, -0.05) is 25.4 Å². The Kier molecular flexibility index (Phi) is 9.55. The number of likely N-dealkylation sites (N-methyl/N-ethyl adjacent to an activating group) is 1. The first kappa shape index (κ1) is 22.9. The van der Waals surface area contributed by atoms with E-state index in [1.54, 1.807) is 19.2 Å². The van der Waals surface area contributed by atoms with E-state index in [4.69, 9.17) is 21.1 Å². The lowest BCUT2D eigenvalue weighted by Crippen LogP contribution is -2.40. The van der Waals surface area contributed by atoms with Crippen LogP contribution in [0.25, 0.3) is 0 Å². The van der Waals surface area contributed by atoms with Gasteiger partial charge in [0, 0.05) is 24.7 Å². The maximum Gasteiger partial charge on any atom is 0.254 e. The number of hydrogen-bond donors (Lipinski definition) is 1. The van der Waals surface area contributed by atoms with Crippen LogP contribution in [0.15, 0.2) is 12.1 Å². The molecule has 1 amide bonds. The first-order valence-corrected chi connectivity index (χ1v) is 9.31. The van der Waals surface area contributed by atoms with Gasteiger partial charge in [-0.2, -0.15) is 0 Å². The molecule has 0 aliphatic carbocycles. The predicted octanol–water partition coefficient (Wildman–Crippen LogP) is 4.02. The molecule has 0 saturated carbocycles. The number of carbonyl (C=O) groups excluding carboxylic acids is 1. The summed E-state index contributed by atoms with van der Waals surface area (Å²) in [6.45, 7) is 6.42. The quantitative estimate of drug-likeness (QED) is 0.710. The largest absolute Gasteiger partial charge is 0.493 e. The van der Waals surface area contributed by atoms with Crippen LogP contribution < -0.4 is 14.8 Å². The van der Waals surface area contributed by atoms with Gasteiger partial charge in [0.15, 0.2) is 11.5 Å². The van der Waals surface area contributed by atoms with E-state index in [-0.39, 0.29) is 24.4 Å². The van der Waals surface area contributed by atoms with Crippen molar-refractivity contribution in [2.24, 2.45) is 5.92 Å². The minimum atomic E-state index is -0.00770. The minimum Gasteiger partial charge on any atom is -0.493 e. The highest BCUT2D eigenvalue weighted by molar-refractivity contribution is 6.32. The van der Waals surface area contributed by atoms with Crippen LogP contribution >= 0.6 is 24.0 Å². The Labute approximate surface area is 167 Å². The molecule has 0 spiro atoms. The van der Waals surface area contributed by atoms with E-state index in [2.05, 4.69) is 19.2 Å². The zero-order valence-corrected chi connectivity index (χ0v) is 17.6. The molecule has 1 aromatic carbocycles. The first-order chi connectivity index (χ1) is 12.0.